The molecule has 0 bridgehead atoms. The Balaban J connectivity index is 1.95. The summed E-state index contributed by atoms with van der Waals surface area (Å²) in [5.41, 5.74) is 7.51. The maximum absolute atomic E-state index is 5.59. The second kappa shape index (κ2) is 3.80. The molecular weight excluding hydrogens is 240 g/mol. The van der Waals surface area contributed by atoms with Crippen LogP contribution in [0.2, 0.25) is 0 Å². The topological polar surface area (TPSA) is 64.7 Å². The minimum atomic E-state index is 0.606. The van der Waals surface area contributed by atoms with Crippen LogP contribution in [-0.2, 0) is 6.42 Å². The van der Waals surface area contributed by atoms with Gasteiger partial charge in [-0.05, 0) is 12.1 Å². The normalized spacial score (nSPS) is 11.0. The molecule has 16 heavy (non-hydrogen) atoms. The van der Waals surface area contributed by atoms with Crippen LogP contribution in [0.3, 0.4) is 0 Å². The Labute approximate surface area is 99.8 Å². The summed E-state index contributed by atoms with van der Waals surface area (Å²) in [5.74, 6) is 0. The first-order chi connectivity index (χ1) is 7.81. The third kappa shape index (κ3) is 1.77. The molecule has 0 aliphatic rings. The van der Waals surface area contributed by atoms with Gasteiger partial charge in [0.05, 0.1) is 5.69 Å². The zero-order valence-electron chi connectivity index (χ0n) is 8.25. The number of nitrogens with zero attached hydrogens (tertiary/aromatic N) is 3. The van der Waals surface area contributed by atoms with E-state index in [1.165, 1.54) is 11.3 Å². The van der Waals surface area contributed by atoms with E-state index in [9.17, 15) is 0 Å². The molecule has 0 aliphatic carbocycles. The third-order valence-electron chi connectivity index (χ3n) is 2.11. The lowest BCUT2D eigenvalue weighted by Gasteiger charge is -1.88. The van der Waals surface area contributed by atoms with Crippen molar-refractivity contribution >= 4 is 38.2 Å². The summed E-state index contributed by atoms with van der Waals surface area (Å²) in [6.07, 6.45) is 2.51. The van der Waals surface area contributed by atoms with Crippen molar-refractivity contribution in [2.75, 3.05) is 5.73 Å². The second-order valence-electron chi connectivity index (χ2n) is 3.29. The number of hydrogen-bond donors (Lipinski definition) is 1. The van der Waals surface area contributed by atoms with Crippen LogP contribution in [0.5, 0.6) is 0 Å². The average molecular weight is 248 g/mol. The van der Waals surface area contributed by atoms with E-state index in [-0.39, 0.29) is 0 Å². The molecule has 6 heteroatoms. The quantitative estimate of drug-likeness (QED) is 0.756. The Bertz CT molecular complexity index is 595. The van der Waals surface area contributed by atoms with Gasteiger partial charge in [0, 0.05) is 18.0 Å². The number of rotatable bonds is 2. The van der Waals surface area contributed by atoms with Crippen LogP contribution in [0.4, 0.5) is 5.13 Å². The number of nitrogen functional groups attached to an aromatic ring is 1. The van der Waals surface area contributed by atoms with Gasteiger partial charge in [0.25, 0.3) is 0 Å². The first-order valence-corrected chi connectivity index (χ1v) is 6.41. The molecule has 0 saturated heterocycles. The molecule has 0 fully saturated rings. The first-order valence-electron chi connectivity index (χ1n) is 4.71. The molecule has 3 aromatic rings. The van der Waals surface area contributed by atoms with Gasteiger partial charge in [0.15, 0.2) is 5.13 Å². The minimum absolute atomic E-state index is 0.606. The molecule has 0 amide bonds. The second-order valence-corrected chi connectivity index (χ2v) is 5.24. The van der Waals surface area contributed by atoms with Crippen LogP contribution in [-0.4, -0.2) is 15.0 Å². The summed E-state index contributed by atoms with van der Waals surface area (Å²) in [7, 11) is 0. The number of aromatic nitrogens is 3. The molecule has 0 saturated carbocycles. The zero-order valence-corrected chi connectivity index (χ0v) is 9.88. The lowest BCUT2D eigenvalue weighted by molar-refractivity contribution is 1.09. The fraction of sp³-hybridized carbons (Fsp3) is 0.100. The zero-order chi connectivity index (χ0) is 11.0. The van der Waals surface area contributed by atoms with Gasteiger partial charge in [0.1, 0.15) is 15.4 Å². The van der Waals surface area contributed by atoms with Crippen molar-refractivity contribution in [3.8, 4) is 0 Å². The number of thiazole rings is 2. The maximum atomic E-state index is 5.59. The molecule has 2 N–H and O–H groups in total. The smallest absolute Gasteiger partial charge is 0.180 e. The molecule has 3 heterocycles. The van der Waals surface area contributed by atoms with Crippen molar-refractivity contribution in [1.29, 1.82) is 0 Å². The fourth-order valence-corrected chi connectivity index (χ4v) is 2.93. The van der Waals surface area contributed by atoms with Gasteiger partial charge in [0.2, 0.25) is 0 Å². The highest BCUT2D eigenvalue weighted by molar-refractivity contribution is 7.18. The number of nitrogens with two attached hydrogens (primary N) is 1. The molecule has 0 aromatic carbocycles. The minimum Gasteiger partial charge on any atom is -0.375 e. The summed E-state index contributed by atoms with van der Waals surface area (Å²) in [4.78, 5) is 14.0. The van der Waals surface area contributed by atoms with E-state index in [1.807, 2.05) is 17.5 Å². The highest BCUT2D eigenvalue weighted by atomic mass is 32.1. The Morgan fingerprint density at radius 3 is 3.00 bits per heavy atom. The number of fused-ring (bicyclic) bond motifs is 1. The lowest BCUT2D eigenvalue weighted by Crippen LogP contribution is -1.88. The predicted octanol–water partition coefficient (Wildman–Crippen LogP) is 2.32. The van der Waals surface area contributed by atoms with Gasteiger partial charge in [-0.15, -0.1) is 11.3 Å². The van der Waals surface area contributed by atoms with Crippen molar-refractivity contribution in [3.63, 3.8) is 0 Å². The van der Waals surface area contributed by atoms with Gasteiger partial charge >= 0.3 is 0 Å². The van der Waals surface area contributed by atoms with Gasteiger partial charge in [-0.1, -0.05) is 11.3 Å². The van der Waals surface area contributed by atoms with Crippen LogP contribution in [0.25, 0.3) is 10.3 Å². The van der Waals surface area contributed by atoms with Crippen LogP contribution >= 0.6 is 22.7 Å². The van der Waals surface area contributed by atoms with Gasteiger partial charge in [-0.3, -0.25) is 0 Å². The van der Waals surface area contributed by atoms with Crippen LogP contribution in [0, 0.1) is 0 Å². The van der Waals surface area contributed by atoms with Crippen LogP contribution < -0.4 is 5.73 Å². The van der Waals surface area contributed by atoms with E-state index in [2.05, 4.69) is 15.0 Å². The third-order valence-corrected chi connectivity index (χ3v) is 3.81. The summed E-state index contributed by atoms with van der Waals surface area (Å²) in [6, 6.07) is 3.87. The van der Waals surface area contributed by atoms with Crippen molar-refractivity contribution in [2.24, 2.45) is 0 Å². The summed E-state index contributed by atoms with van der Waals surface area (Å²) in [5, 5.41) is 3.60. The van der Waals surface area contributed by atoms with Crippen molar-refractivity contribution < 1.29 is 0 Å². The van der Waals surface area contributed by atoms with E-state index in [4.69, 9.17) is 5.73 Å². The SMILES string of the molecule is Nc1nc(Cc2nc3cccnc3s2)cs1. The highest BCUT2D eigenvalue weighted by Crippen LogP contribution is 2.22. The molecule has 0 aliphatic heterocycles. The van der Waals surface area contributed by atoms with Crippen molar-refractivity contribution in [2.45, 2.75) is 6.42 Å². The average Bonchev–Trinajstić information content (AvgIpc) is 2.84. The van der Waals surface area contributed by atoms with Crippen LogP contribution in [0.1, 0.15) is 10.7 Å². The first kappa shape index (κ1) is 9.68. The molecule has 0 spiro atoms. The van der Waals surface area contributed by atoms with E-state index >= 15 is 0 Å². The van der Waals surface area contributed by atoms with Gasteiger partial charge in [-0.25, -0.2) is 15.0 Å². The molecule has 3 rings (SSSR count). The Morgan fingerprint density at radius 2 is 2.25 bits per heavy atom. The lowest BCUT2D eigenvalue weighted by atomic mass is 10.3. The summed E-state index contributed by atoms with van der Waals surface area (Å²) >= 11 is 3.06. The summed E-state index contributed by atoms with van der Waals surface area (Å²) in [6.45, 7) is 0. The summed E-state index contributed by atoms with van der Waals surface area (Å²) < 4.78 is 0. The monoisotopic (exact) mass is 248 g/mol. The largest absolute Gasteiger partial charge is 0.375 e. The molecule has 4 nitrogen and oxygen atoms in total. The standard InChI is InChI=1S/C10H8N4S2/c11-10-13-6(5-15-10)4-8-14-7-2-1-3-12-9(7)16-8/h1-3,5H,4H2,(H2,11,13). The number of anilines is 1. The fourth-order valence-electron chi connectivity index (χ4n) is 1.45. The van der Waals surface area contributed by atoms with E-state index in [0.717, 1.165) is 27.5 Å². The molecular formula is C10H8N4S2. The van der Waals surface area contributed by atoms with Crippen molar-refractivity contribution in [3.05, 3.63) is 34.4 Å². The predicted molar refractivity (Wildman–Crippen MR) is 66.7 cm³/mol. The molecule has 80 valence electrons. The Morgan fingerprint density at radius 1 is 1.31 bits per heavy atom. The van der Waals surface area contributed by atoms with E-state index in [0.29, 0.717) is 5.13 Å². The molecule has 3 aromatic heterocycles. The molecule has 0 atom stereocenters. The Hall–Kier alpha value is -1.53. The highest BCUT2D eigenvalue weighted by Gasteiger charge is 2.07. The van der Waals surface area contributed by atoms with E-state index < -0.39 is 0 Å². The number of hydrogen-bond acceptors (Lipinski definition) is 6. The molecule has 0 unspecified atom stereocenters. The molecule has 0 radical (unpaired) electrons. The van der Waals surface area contributed by atoms with Crippen LogP contribution in [0.15, 0.2) is 23.7 Å². The maximum Gasteiger partial charge on any atom is 0.180 e. The van der Waals surface area contributed by atoms with E-state index in [1.54, 1.807) is 17.5 Å². The number of pyridine rings is 1. The van der Waals surface area contributed by atoms with Crippen molar-refractivity contribution in [1.82, 2.24) is 15.0 Å². The van der Waals surface area contributed by atoms with Gasteiger partial charge in [-0.2, -0.15) is 0 Å². The Kier molecular flexibility index (Phi) is 2.30. The van der Waals surface area contributed by atoms with Gasteiger partial charge < -0.3 is 5.73 Å².